The molecule has 0 aliphatic carbocycles. The molecule has 0 bridgehead atoms. The second-order valence-electron chi connectivity index (χ2n) is 32.1. The first kappa shape index (κ1) is 107. The molecule has 5 amide bonds. The Labute approximate surface area is 755 Å². The van der Waals surface area contributed by atoms with Crippen LogP contribution in [-0.4, -0.2) is 308 Å². The number of Topliss-reactive ketones (excluding diaryl/α,β-unsaturated/α-hetero) is 4. The Kier molecular flexibility index (Phi) is 43.3. The van der Waals surface area contributed by atoms with Crippen molar-refractivity contribution in [2.24, 2.45) is 23.7 Å². The number of aromatic carboxylic acids is 2. The Morgan fingerprint density at radius 2 is 0.856 bits per heavy atom. The van der Waals surface area contributed by atoms with Crippen molar-refractivity contribution in [1.82, 2.24) is 46.2 Å². The van der Waals surface area contributed by atoms with Gasteiger partial charge < -0.3 is 98.3 Å². The smallest absolute Gasteiger partial charge is 0.335 e. The number of carboxylic acids is 11. The third kappa shape index (κ3) is 38.2. The molecule has 6 rings (SSSR count). The fraction of sp³-hybridized carbons (Fsp3) is 0.461. The maximum Gasteiger partial charge on any atom is 0.335 e. The van der Waals surface area contributed by atoms with Gasteiger partial charge in [-0.15, -0.1) is 0 Å². The second kappa shape index (κ2) is 53.7. The molecule has 1 heterocycles. The van der Waals surface area contributed by atoms with E-state index in [1.807, 2.05) is 6.07 Å². The number of nitrogens with one attached hydrogen (secondary N) is 5. The molecule has 0 radical (unpaired) electrons. The molecule has 1 fully saturated rings. The molecule has 19 N–H and O–H groups in total. The number of carbonyl (C=O) groups excluding carboxylic acids is 9. The number of phenolic OH excluding ortho intramolecular Hbond substituents is 1. The van der Waals surface area contributed by atoms with Crippen LogP contribution in [0.3, 0.4) is 0 Å². The number of nitrogens with two attached hydrogens (primary N) is 1. The first-order valence-corrected chi connectivity index (χ1v) is 42.4. The minimum absolute atomic E-state index is 0.0241. The maximum atomic E-state index is 15.2. The van der Waals surface area contributed by atoms with Crippen LogP contribution in [0.2, 0.25) is 0 Å². The van der Waals surface area contributed by atoms with Crippen molar-refractivity contribution in [2.75, 3.05) is 84.3 Å². The number of fused-ring (bicyclic) bond motifs is 1. The number of carboxylic acid groups (broad SMARTS) is 11. The van der Waals surface area contributed by atoms with Gasteiger partial charge in [0.05, 0.1) is 42.6 Å². The third-order valence-corrected chi connectivity index (χ3v) is 21.9. The Balaban J connectivity index is 1.18. The predicted octanol–water partition coefficient (Wildman–Crippen LogP) is 2.83. The summed E-state index contributed by atoms with van der Waals surface area (Å²) in [5.41, 5.74) is 5.41. The summed E-state index contributed by atoms with van der Waals surface area (Å²) in [5, 5.41) is 132. The summed E-state index contributed by atoms with van der Waals surface area (Å²) < 4.78 is 6.15. The van der Waals surface area contributed by atoms with Gasteiger partial charge in [0.25, 0.3) is 5.91 Å². The zero-order valence-electron chi connectivity index (χ0n) is 72.0. The Bertz CT molecular complexity index is 4900. The molecule has 1 unspecified atom stereocenters. The van der Waals surface area contributed by atoms with Crippen LogP contribution < -0.4 is 37.1 Å². The van der Waals surface area contributed by atoms with E-state index in [2.05, 4.69) is 26.6 Å². The average molecular weight is 1850 g/mol. The largest absolute Gasteiger partial charge is 0.508 e. The summed E-state index contributed by atoms with van der Waals surface area (Å²) in [6, 6.07) is 19.1. The van der Waals surface area contributed by atoms with Gasteiger partial charge >= 0.3 is 65.7 Å². The van der Waals surface area contributed by atoms with Crippen LogP contribution in [0, 0.1) is 23.7 Å². The summed E-state index contributed by atoms with van der Waals surface area (Å²) in [6.07, 6.45) is -10.5. The van der Waals surface area contributed by atoms with Gasteiger partial charge in [-0.25, -0.2) is 19.2 Å². The molecule has 0 saturated carbocycles. The highest BCUT2D eigenvalue weighted by Gasteiger charge is 2.37. The molecule has 714 valence electrons. The molecule has 1 aliphatic rings. The highest BCUT2D eigenvalue weighted by molar-refractivity contribution is 6.04. The lowest BCUT2D eigenvalue weighted by molar-refractivity contribution is -0.147. The molecule has 5 aromatic rings. The topological polar surface area (TPSA) is 693 Å². The van der Waals surface area contributed by atoms with Crippen molar-refractivity contribution in [2.45, 2.75) is 159 Å². The number of ether oxygens (including phenoxy) is 1. The molecular weight excluding hydrogens is 1740 g/mol. The molecule has 43 heteroatoms. The number of rotatable bonds is 58. The monoisotopic (exact) mass is 1850 g/mol. The highest BCUT2D eigenvalue weighted by atomic mass is 16.5. The minimum atomic E-state index is -2.02. The van der Waals surface area contributed by atoms with Crippen molar-refractivity contribution in [3.8, 4) is 11.5 Å². The van der Waals surface area contributed by atoms with Gasteiger partial charge in [-0.05, 0) is 141 Å². The number of carbonyl (C=O) groups is 20. The first-order chi connectivity index (χ1) is 62.5. The van der Waals surface area contributed by atoms with E-state index in [-0.39, 0.29) is 128 Å². The number of nitrogens with zero attached hydrogens (tertiary/aromatic N) is 4. The standard InChI is InChI=1S/C89H110N10O33/c90-62-18-13-51(14-19-62)37-57(45-65(102)22-25-71(89(130)131)99-35-33-97(49-76(110)111)31-29-96(48-75(108)109)30-32-98(34-36-99)50-77(112)113)80(116)95-82(132-67-23-20-63(100)21-24-67)72(104)46-58(39-52-12-15-53-7-1-2-8-54(53)38-52)78(114)93-69(88(128)129)11-5-6-28-91-81(117)70(94-79(115)59-40-60(85(122)123)42-61(41-59)86(124)125)47-64(101)9-3-4-10-68(87(126)127)92-73(105)26-16-55(83(118)119)43-66(103)44-56(84(120)121)17-27-74(106)107/h1-2,7-8,12-15,18-21,23-24,38,40-42,55-58,68-71,82,100H,3-6,9-11,16-17,22,25-37,39,43-50,90H2,(H,91,117)(H,92,105)(H,93,114)(H,94,115)(H,95,116)(H,106,107)(H,108,109)(H,110,111)(H,112,113)(H,118,119)(H,120,121)(H,122,123)(H,124,125)(H,126,127)(H,128,129)(H,130,131)/t55-,56-,57-,58+,68-,69-,70-,71-,82?/m1/s1. The number of phenols is 1. The summed E-state index contributed by atoms with van der Waals surface area (Å²) in [7, 11) is 0. The van der Waals surface area contributed by atoms with E-state index in [1.54, 1.807) is 48.5 Å². The molecule has 9 atom stereocenters. The number of hydrogen-bond acceptors (Lipinski definition) is 27. The highest BCUT2D eigenvalue weighted by Crippen LogP contribution is 2.27. The van der Waals surface area contributed by atoms with Gasteiger partial charge in [-0.2, -0.15) is 0 Å². The lowest BCUT2D eigenvalue weighted by Gasteiger charge is -2.35. The Morgan fingerprint density at radius 3 is 1.38 bits per heavy atom. The zero-order chi connectivity index (χ0) is 97.4. The summed E-state index contributed by atoms with van der Waals surface area (Å²) >= 11 is 0. The van der Waals surface area contributed by atoms with E-state index < -0.39 is 279 Å². The molecule has 0 aromatic heterocycles. The van der Waals surface area contributed by atoms with Crippen LogP contribution >= 0.6 is 0 Å². The number of unbranched alkanes of at least 4 members (excludes halogenated alkanes) is 2. The van der Waals surface area contributed by atoms with Gasteiger partial charge in [-0.1, -0.05) is 61.0 Å². The Morgan fingerprint density at radius 1 is 0.379 bits per heavy atom. The van der Waals surface area contributed by atoms with Crippen LogP contribution in [0.1, 0.15) is 158 Å². The molecule has 1 saturated heterocycles. The van der Waals surface area contributed by atoms with Gasteiger partial charge in [0.2, 0.25) is 29.9 Å². The number of benzene rings is 5. The Hall–Kier alpha value is -14.2. The van der Waals surface area contributed by atoms with Crippen LogP contribution in [-0.2, 0) is 94.3 Å². The second-order valence-corrected chi connectivity index (χ2v) is 32.1. The average Bonchev–Trinajstić information content (AvgIpc) is 0.828. The van der Waals surface area contributed by atoms with E-state index in [1.165, 1.54) is 56.0 Å². The fourth-order valence-electron chi connectivity index (χ4n) is 14.8. The number of aliphatic carboxylic acids is 9. The number of anilines is 1. The van der Waals surface area contributed by atoms with Gasteiger partial charge in [0, 0.05) is 140 Å². The van der Waals surface area contributed by atoms with Crippen molar-refractivity contribution >= 4 is 135 Å². The molecule has 5 aromatic carbocycles. The van der Waals surface area contributed by atoms with Gasteiger partial charge in [0.15, 0.2) is 5.78 Å². The summed E-state index contributed by atoms with van der Waals surface area (Å²) in [5.74, 6) is -30.3. The van der Waals surface area contributed by atoms with Crippen molar-refractivity contribution < 1.29 is 162 Å². The van der Waals surface area contributed by atoms with Crippen LogP contribution in [0.4, 0.5) is 5.69 Å². The third-order valence-electron chi connectivity index (χ3n) is 21.9. The molecule has 43 nitrogen and oxygen atoms in total. The molecule has 0 spiro atoms. The van der Waals surface area contributed by atoms with Crippen LogP contribution in [0.5, 0.6) is 11.5 Å². The fourth-order valence-corrected chi connectivity index (χ4v) is 14.8. The van der Waals surface area contributed by atoms with Crippen LogP contribution in [0.15, 0.2) is 109 Å². The number of aromatic hydroxyl groups is 1. The minimum Gasteiger partial charge on any atom is -0.508 e. The quantitative estimate of drug-likeness (QED) is 0.0151. The molecule has 132 heavy (non-hydrogen) atoms. The molecule has 1 aliphatic heterocycles. The SMILES string of the molecule is Nc1ccc(C[C@H](CC(=O)CC[C@H](C(=O)O)N2CCN(CC(=O)O)CCN(CC(=O)O)CCN(CC(=O)O)CC2)C(=O)NC(Oc2ccc(O)cc2)C(=O)C[C@H](Cc2ccc3ccccc3c2)C(=O)N[C@H](CCCCNC(=O)[C@@H](CC(=O)CCCC[C@@H](NC(=O)CC[C@H](CC(=O)C[C@@H](CCC(=O)O)C(=O)O)C(=O)O)C(=O)O)NC(=O)c2cc(C(=O)O)cc(C(=O)O)c2)C(=O)O)cc1. The normalized spacial score (nSPS) is 15.0. The lowest BCUT2D eigenvalue weighted by Crippen LogP contribution is -2.52. The van der Waals surface area contributed by atoms with E-state index >= 15 is 9.59 Å². The van der Waals surface area contributed by atoms with E-state index in [9.17, 15) is 142 Å². The summed E-state index contributed by atoms with van der Waals surface area (Å²) in [6.45, 7) is -1.96. The van der Waals surface area contributed by atoms with Gasteiger partial charge in [-0.3, -0.25) is 96.3 Å². The van der Waals surface area contributed by atoms with E-state index in [0.29, 0.717) is 22.2 Å². The van der Waals surface area contributed by atoms with E-state index in [4.69, 9.17) is 15.6 Å². The number of ketones is 4. The van der Waals surface area contributed by atoms with Crippen LogP contribution in [0.25, 0.3) is 10.8 Å². The van der Waals surface area contributed by atoms with Crippen molar-refractivity contribution in [3.05, 3.63) is 137 Å². The van der Waals surface area contributed by atoms with E-state index in [0.717, 1.165) is 23.6 Å². The van der Waals surface area contributed by atoms with Crippen molar-refractivity contribution in [1.29, 1.82) is 0 Å². The predicted molar refractivity (Wildman–Crippen MR) is 462 cm³/mol. The maximum absolute atomic E-state index is 15.2. The van der Waals surface area contributed by atoms with Gasteiger partial charge in [0.1, 0.15) is 53.0 Å². The first-order valence-electron chi connectivity index (χ1n) is 42.4. The number of hydrogen-bond donors (Lipinski definition) is 18. The zero-order valence-corrected chi connectivity index (χ0v) is 72.0. The van der Waals surface area contributed by atoms with Crippen molar-refractivity contribution in [3.63, 3.8) is 0 Å². The molecular formula is C89H110N10O33. The number of amides is 5. The number of nitrogen functional groups attached to an aromatic ring is 1. The lowest BCUT2D eigenvalue weighted by atomic mass is 9.90. The summed E-state index contributed by atoms with van der Waals surface area (Å²) in [4.78, 5) is 266.